The molecule has 0 saturated heterocycles. The van der Waals surface area contributed by atoms with Gasteiger partial charge in [0.2, 0.25) is 0 Å². The number of carbonyl (C=O) groups is 1. The van der Waals surface area contributed by atoms with E-state index < -0.39 is 11.9 Å². The fraction of sp³-hybridized carbons (Fsp3) is 0.600. The highest BCUT2D eigenvalue weighted by atomic mass is 16.5. The number of ether oxygens (including phenoxy) is 1. The number of nitrogens with zero attached hydrogens (tertiary/aromatic N) is 2. The van der Waals surface area contributed by atoms with E-state index in [1.807, 2.05) is 18.4 Å². The van der Waals surface area contributed by atoms with Crippen LogP contribution in [-0.2, 0) is 11.3 Å². The average molecular weight is 210 g/mol. The van der Waals surface area contributed by atoms with Crippen LogP contribution in [0.1, 0.15) is 30.7 Å². The molecule has 5 nitrogen and oxygen atoms in total. The molecule has 0 aromatic carbocycles. The van der Waals surface area contributed by atoms with Crippen molar-refractivity contribution in [2.24, 2.45) is 0 Å². The van der Waals surface area contributed by atoms with Gasteiger partial charge in [-0.05, 0) is 13.3 Å². The summed E-state index contributed by atoms with van der Waals surface area (Å²) in [5.74, 6) is -1.34. The van der Waals surface area contributed by atoms with Crippen LogP contribution in [0.2, 0.25) is 0 Å². The van der Waals surface area contributed by atoms with Crippen molar-refractivity contribution in [1.29, 1.82) is 0 Å². The molecule has 1 aliphatic heterocycles. The Bertz CT molecular complexity index is 398. The lowest BCUT2D eigenvalue weighted by atomic mass is 10.0. The summed E-state index contributed by atoms with van der Waals surface area (Å²) in [5.41, 5.74) is 1.55. The summed E-state index contributed by atoms with van der Waals surface area (Å²) < 4.78 is 7.22. The first-order valence-corrected chi connectivity index (χ1v) is 5.07. The molecule has 5 heteroatoms. The van der Waals surface area contributed by atoms with Crippen molar-refractivity contribution in [3.05, 3.63) is 11.4 Å². The Hall–Kier alpha value is -1.52. The monoisotopic (exact) mass is 210 g/mol. The van der Waals surface area contributed by atoms with Gasteiger partial charge in [0.1, 0.15) is 12.5 Å². The van der Waals surface area contributed by atoms with Gasteiger partial charge < -0.3 is 9.84 Å². The first-order valence-electron chi connectivity index (χ1n) is 5.07. The fourth-order valence-electron chi connectivity index (χ4n) is 1.94. The van der Waals surface area contributed by atoms with Gasteiger partial charge in [0.05, 0.1) is 12.2 Å². The van der Waals surface area contributed by atoms with E-state index in [1.165, 1.54) is 0 Å². The van der Waals surface area contributed by atoms with Crippen LogP contribution in [0.5, 0.6) is 6.01 Å². The molecule has 1 aromatic heterocycles. The topological polar surface area (TPSA) is 64.3 Å². The highest BCUT2D eigenvalue weighted by Crippen LogP contribution is 2.28. The molecular weight excluding hydrogens is 196 g/mol. The SMILES string of the molecule is CCC(C(=O)O)c1nc2n(c1C)CCO2. The van der Waals surface area contributed by atoms with Gasteiger partial charge in [0.15, 0.2) is 0 Å². The maximum atomic E-state index is 11.0. The summed E-state index contributed by atoms with van der Waals surface area (Å²) in [6, 6.07) is 0.558. The molecule has 1 aromatic rings. The lowest BCUT2D eigenvalue weighted by molar-refractivity contribution is -0.138. The molecule has 1 unspecified atom stereocenters. The van der Waals surface area contributed by atoms with Crippen molar-refractivity contribution < 1.29 is 14.6 Å². The molecule has 15 heavy (non-hydrogen) atoms. The van der Waals surface area contributed by atoms with E-state index >= 15 is 0 Å². The minimum atomic E-state index is -0.822. The molecule has 82 valence electrons. The zero-order chi connectivity index (χ0) is 11.0. The highest BCUT2D eigenvalue weighted by molar-refractivity contribution is 5.75. The summed E-state index contributed by atoms with van der Waals surface area (Å²) in [5, 5.41) is 9.05. The van der Waals surface area contributed by atoms with Crippen LogP contribution in [0.15, 0.2) is 0 Å². The predicted molar refractivity (Wildman–Crippen MR) is 53.1 cm³/mol. The zero-order valence-electron chi connectivity index (χ0n) is 8.86. The molecule has 0 saturated carbocycles. The molecular formula is C10H14N2O3. The normalized spacial score (nSPS) is 15.9. The number of hydrogen-bond acceptors (Lipinski definition) is 3. The van der Waals surface area contributed by atoms with Crippen molar-refractivity contribution >= 4 is 5.97 Å². The van der Waals surface area contributed by atoms with Crippen molar-refractivity contribution in [3.8, 4) is 6.01 Å². The Labute approximate surface area is 87.7 Å². The largest absolute Gasteiger partial charge is 0.481 e. The second-order valence-electron chi connectivity index (χ2n) is 3.66. The number of imidazole rings is 1. The smallest absolute Gasteiger partial charge is 0.312 e. The minimum absolute atomic E-state index is 0.522. The first-order chi connectivity index (χ1) is 7.15. The van der Waals surface area contributed by atoms with Gasteiger partial charge in [-0.25, -0.2) is 0 Å². The Kier molecular flexibility index (Phi) is 2.38. The fourth-order valence-corrected chi connectivity index (χ4v) is 1.94. The number of aromatic nitrogens is 2. The van der Waals surface area contributed by atoms with Gasteiger partial charge in [-0.1, -0.05) is 6.92 Å². The van der Waals surface area contributed by atoms with Gasteiger partial charge in [-0.3, -0.25) is 9.36 Å². The molecule has 2 rings (SSSR count). The van der Waals surface area contributed by atoms with Crippen LogP contribution in [0.25, 0.3) is 0 Å². The van der Waals surface area contributed by atoms with Crippen LogP contribution in [-0.4, -0.2) is 27.2 Å². The van der Waals surface area contributed by atoms with Crippen molar-refractivity contribution in [2.45, 2.75) is 32.7 Å². The highest BCUT2D eigenvalue weighted by Gasteiger charge is 2.28. The quantitative estimate of drug-likeness (QED) is 0.813. The predicted octanol–water partition coefficient (Wildman–Crippen LogP) is 1.16. The lowest BCUT2D eigenvalue weighted by Crippen LogP contribution is -2.13. The third-order valence-corrected chi connectivity index (χ3v) is 2.81. The third-order valence-electron chi connectivity index (χ3n) is 2.81. The number of aliphatic carboxylic acids is 1. The Morgan fingerprint density at radius 2 is 2.47 bits per heavy atom. The zero-order valence-corrected chi connectivity index (χ0v) is 8.86. The molecule has 1 N–H and O–H groups in total. The van der Waals surface area contributed by atoms with Crippen LogP contribution in [0.4, 0.5) is 0 Å². The van der Waals surface area contributed by atoms with E-state index in [4.69, 9.17) is 9.84 Å². The summed E-state index contributed by atoms with van der Waals surface area (Å²) in [4.78, 5) is 15.3. The number of rotatable bonds is 3. The molecule has 1 atom stereocenters. The summed E-state index contributed by atoms with van der Waals surface area (Å²) in [6.07, 6.45) is 0.548. The lowest BCUT2D eigenvalue weighted by Gasteiger charge is -2.08. The Balaban J connectivity index is 2.40. The summed E-state index contributed by atoms with van der Waals surface area (Å²) in [7, 11) is 0. The Morgan fingerprint density at radius 1 is 1.73 bits per heavy atom. The van der Waals surface area contributed by atoms with E-state index in [9.17, 15) is 4.79 Å². The molecule has 2 heterocycles. The maximum absolute atomic E-state index is 11.0. The van der Waals surface area contributed by atoms with Gasteiger partial charge in [0.25, 0.3) is 6.01 Å². The standard InChI is InChI=1S/C10H14N2O3/c1-3-7(9(13)14)8-6(2)12-4-5-15-10(12)11-8/h7H,3-5H2,1-2H3,(H,13,14). The van der Waals surface area contributed by atoms with E-state index in [1.54, 1.807) is 0 Å². The summed E-state index contributed by atoms with van der Waals surface area (Å²) >= 11 is 0. The molecule has 0 aliphatic carbocycles. The number of carboxylic acid groups (broad SMARTS) is 1. The second kappa shape index (κ2) is 3.56. The van der Waals surface area contributed by atoms with Crippen molar-refractivity contribution in [2.75, 3.05) is 6.61 Å². The van der Waals surface area contributed by atoms with E-state index in [-0.39, 0.29) is 0 Å². The number of carboxylic acids is 1. The molecule has 1 aliphatic rings. The minimum Gasteiger partial charge on any atom is -0.481 e. The van der Waals surface area contributed by atoms with Crippen LogP contribution < -0.4 is 4.74 Å². The molecule has 0 amide bonds. The molecule has 0 spiro atoms. The average Bonchev–Trinajstić information content (AvgIpc) is 2.72. The van der Waals surface area contributed by atoms with Crippen LogP contribution in [0.3, 0.4) is 0 Å². The summed E-state index contributed by atoms with van der Waals surface area (Å²) in [6.45, 7) is 5.15. The third kappa shape index (κ3) is 1.48. The van der Waals surface area contributed by atoms with Gasteiger partial charge in [-0.15, -0.1) is 0 Å². The van der Waals surface area contributed by atoms with Crippen LogP contribution in [0, 0.1) is 6.92 Å². The Morgan fingerprint density at radius 3 is 3.00 bits per heavy atom. The second-order valence-corrected chi connectivity index (χ2v) is 3.66. The van der Waals surface area contributed by atoms with Gasteiger partial charge in [0, 0.05) is 5.69 Å². The van der Waals surface area contributed by atoms with E-state index in [0.717, 1.165) is 12.2 Å². The van der Waals surface area contributed by atoms with Crippen LogP contribution >= 0.6 is 0 Å². The molecule has 0 radical (unpaired) electrons. The van der Waals surface area contributed by atoms with E-state index in [2.05, 4.69) is 4.98 Å². The number of hydrogen-bond donors (Lipinski definition) is 1. The van der Waals surface area contributed by atoms with Gasteiger partial charge >= 0.3 is 5.97 Å². The molecule has 0 bridgehead atoms. The van der Waals surface area contributed by atoms with Crippen molar-refractivity contribution in [3.63, 3.8) is 0 Å². The first kappa shape index (κ1) is 10.0. The molecule has 0 fully saturated rings. The van der Waals surface area contributed by atoms with E-state index in [0.29, 0.717) is 24.7 Å². The van der Waals surface area contributed by atoms with Gasteiger partial charge in [-0.2, -0.15) is 4.98 Å². The number of fused-ring (bicyclic) bond motifs is 1. The van der Waals surface area contributed by atoms with Crippen molar-refractivity contribution in [1.82, 2.24) is 9.55 Å². The maximum Gasteiger partial charge on any atom is 0.312 e.